The summed E-state index contributed by atoms with van der Waals surface area (Å²) in [5.74, 6) is 2.11. The molecule has 0 saturated heterocycles. The van der Waals surface area contributed by atoms with E-state index in [4.69, 9.17) is 4.98 Å². The first-order valence-electron chi connectivity index (χ1n) is 9.71. The number of fused-ring (bicyclic) bond motifs is 1. The highest BCUT2D eigenvalue weighted by Gasteiger charge is 2.23. The molecule has 0 amide bonds. The number of alkyl halides is 1. The highest BCUT2D eigenvalue weighted by atomic mass is 19.1. The number of pyridine rings is 1. The molecule has 1 aliphatic heterocycles. The van der Waals surface area contributed by atoms with E-state index in [1.807, 2.05) is 23.2 Å². The zero-order valence-corrected chi connectivity index (χ0v) is 15.7. The van der Waals surface area contributed by atoms with Gasteiger partial charge in [-0.25, -0.2) is 14.4 Å². The Balaban J connectivity index is 1.61. The van der Waals surface area contributed by atoms with Crippen molar-refractivity contribution in [2.75, 3.05) is 23.9 Å². The molecule has 0 unspecified atom stereocenters. The lowest BCUT2D eigenvalue weighted by atomic mass is 9.93. The fourth-order valence-electron chi connectivity index (χ4n) is 3.70. The summed E-state index contributed by atoms with van der Waals surface area (Å²) in [6.07, 6.45) is 12.0. The van der Waals surface area contributed by atoms with Crippen molar-refractivity contribution in [1.82, 2.24) is 19.9 Å². The predicted molar refractivity (Wildman–Crippen MR) is 107 cm³/mol. The van der Waals surface area contributed by atoms with Gasteiger partial charge in [0.25, 0.3) is 0 Å². The molecule has 4 rings (SSSR count). The number of aromatic nitrogens is 3. The summed E-state index contributed by atoms with van der Waals surface area (Å²) in [6.45, 7) is 0.596. The van der Waals surface area contributed by atoms with Gasteiger partial charge >= 0.3 is 0 Å². The molecule has 1 aliphatic carbocycles. The first-order valence-corrected chi connectivity index (χ1v) is 9.71. The zero-order valence-electron chi connectivity index (χ0n) is 15.7. The topological polar surface area (TPSA) is 86.2 Å². The van der Waals surface area contributed by atoms with E-state index in [0.29, 0.717) is 24.7 Å². The van der Waals surface area contributed by atoms with Crippen molar-refractivity contribution in [2.45, 2.75) is 44.4 Å². The van der Waals surface area contributed by atoms with Gasteiger partial charge in [-0.1, -0.05) is 0 Å². The number of rotatable bonds is 6. The van der Waals surface area contributed by atoms with Crippen molar-refractivity contribution >= 4 is 23.5 Å². The fraction of sp³-hybridized carbons (Fsp3) is 0.450. The van der Waals surface area contributed by atoms with Crippen LogP contribution in [0, 0.1) is 0 Å². The monoisotopic (exact) mass is 384 g/mol. The minimum absolute atomic E-state index is 0.201. The van der Waals surface area contributed by atoms with Gasteiger partial charge in [-0.15, -0.1) is 0 Å². The highest BCUT2D eigenvalue weighted by Crippen LogP contribution is 2.31. The van der Waals surface area contributed by atoms with Crippen LogP contribution >= 0.6 is 0 Å². The van der Waals surface area contributed by atoms with Crippen LogP contribution in [0.3, 0.4) is 0 Å². The molecular weight excluding hydrogens is 359 g/mol. The summed E-state index contributed by atoms with van der Waals surface area (Å²) < 4.78 is 12.8. The van der Waals surface area contributed by atoms with Gasteiger partial charge in [0, 0.05) is 43.3 Å². The molecule has 0 spiro atoms. The van der Waals surface area contributed by atoms with Crippen LogP contribution < -0.4 is 10.6 Å². The molecule has 7 nitrogen and oxygen atoms in total. The molecule has 3 N–H and O–H groups in total. The Morgan fingerprint density at radius 3 is 2.79 bits per heavy atom. The van der Waals surface area contributed by atoms with E-state index < -0.39 is 0 Å². The second-order valence-electron chi connectivity index (χ2n) is 7.26. The van der Waals surface area contributed by atoms with E-state index >= 15 is 0 Å². The van der Waals surface area contributed by atoms with Crippen LogP contribution in [0.4, 0.5) is 21.8 Å². The predicted octanol–water partition coefficient (Wildman–Crippen LogP) is 3.09. The summed E-state index contributed by atoms with van der Waals surface area (Å²) in [6, 6.07) is 2.25. The number of nitrogens with one attached hydrogen (secondary N) is 2. The van der Waals surface area contributed by atoms with Gasteiger partial charge in [-0.05, 0) is 43.4 Å². The van der Waals surface area contributed by atoms with Crippen LogP contribution in [-0.2, 0) is 6.54 Å². The Kier molecular flexibility index (Phi) is 5.66. The van der Waals surface area contributed by atoms with E-state index in [9.17, 15) is 9.50 Å². The normalized spacial score (nSPS) is 21.3. The van der Waals surface area contributed by atoms with Gasteiger partial charge in [0.1, 0.15) is 24.1 Å². The zero-order chi connectivity index (χ0) is 19.3. The summed E-state index contributed by atoms with van der Waals surface area (Å²) in [7, 11) is 0. The molecule has 2 aromatic heterocycles. The lowest BCUT2D eigenvalue weighted by Crippen LogP contribution is -2.30. The number of anilines is 3. The molecule has 2 aromatic rings. The van der Waals surface area contributed by atoms with Gasteiger partial charge in [-0.3, -0.25) is 4.98 Å². The quantitative estimate of drug-likeness (QED) is 0.705. The van der Waals surface area contributed by atoms with Crippen molar-refractivity contribution in [2.24, 2.45) is 0 Å². The lowest BCUT2D eigenvalue weighted by Gasteiger charge is -2.30. The number of aliphatic hydroxyl groups excluding tert-OH is 1. The van der Waals surface area contributed by atoms with E-state index in [0.717, 1.165) is 42.6 Å². The van der Waals surface area contributed by atoms with Gasteiger partial charge in [0.15, 0.2) is 0 Å². The van der Waals surface area contributed by atoms with Crippen LogP contribution in [0.15, 0.2) is 30.9 Å². The van der Waals surface area contributed by atoms with Crippen LogP contribution in [0.25, 0.3) is 6.08 Å². The van der Waals surface area contributed by atoms with Crippen LogP contribution in [0.1, 0.15) is 36.8 Å². The van der Waals surface area contributed by atoms with E-state index in [-0.39, 0.29) is 18.8 Å². The molecule has 1 fully saturated rings. The first-order chi connectivity index (χ1) is 13.7. The maximum Gasteiger partial charge on any atom is 0.150 e. The molecule has 0 bridgehead atoms. The van der Waals surface area contributed by atoms with E-state index in [1.54, 1.807) is 18.6 Å². The number of nitrogens with zero attached hydrogens (tertiary/aromatic N) is 4. The molecule has 0 aromatic carbocycles. The molecule has 2 aliphatic rings. The molecule has 1 saturated carbocycles. The van der Waals surface area contributed by atoms with Gasteiger partial charge in [-0.2, -0.15) is 0 Å². The van der Waals surface area contributed by atoms with E-state index in [1.165, 1.54) is 0 Å². The Bertz CT molecular complexity index is 823. The molecular formula is C20H25FN6O. The van der Waals surface area contributed by atoms with Gasteiger partial charge in [0.05, 0.1) is 12.3 Å². The van der Waals surface area contributed by atoms with Crippen molar-refractivity contribution < 1.29 is 9.50 Å². The van der Waals surface area contributed by atoms with Crippen molar-refractivity contribution in [3.05, 3.63) is 42.0 Å². The fourth-order valence-corrected chi connectivity index (χ4v) is 3.70. The summed E-state index contributed by atoms with van der Waals surface area (Å²) in [5.41, 5.74) is 2.11. The van der Waals surface area contributed by atoms with E-state index in [2.05, 4.69) is 20.6 Å². The molecule has 148 valence electrons. The third kappa shape index (κ3) is 4.39. The van der Waals surface area contributed by atoms with Crippen LogP contribution in [0.5, 0.6) is 0 Å². The lowest BCUT2D eigenvalue weighted by molar-refractivity contribution is 0.126. The van der Waals surface area contributed by atoms with Crippen molar-refractivity contribution in [3.63, 3.8) is 0 Å². The standard InChI is InChI=1S/C20H25FN6O/c21-6-10-27-9-5-14-11-18(25-19-12-22-7-8-23-19)26-20(17(14)13-27)24-15-1-3-16(28)4-2-15/h5,7-9,11-12,15-16,28H,1-4,6,10,13H2,(H2,23,24,25,26). The summed E-state index contributed by atoms with van der Waals surface area (Å²) in [4.78, 5) is 15.1. The summed E-state index contributed by atoms with van der Waals surface area (Å²) >= 11 is 0. The highest BCUT2D eigenvalue weighted by molar-refractivity contribution is 5.69. The van der Waals surface area contributed by atoms with Crippen LogP contribution in [0.2, 0.25) is 0 Å². The molecule has 0 radical (unpaired) electrons. The third-order valence-corrected chi connectivity index (χ3v) is 5.21. The SMILES string of the molecule is OC1CCC(Nc2nc(Nc3cnccn3)cc3c2CN(CCF)C=C3)CC1. The average molecular weight is 384 g/mol. The second-order valence-corrected chi connectivity index (χ2v) is 7.26. The Morgan fingerprint density at radius 2 is 2.04 bits per heavy atom. The number of halogens is 1. The number of hydrogen-bond acceptors (Lipinski definition) is 7. The summed E-state index contributed by atoms with van der Waals surface area (Å²) in [5, 5.41) is 16.5. The Labute approximate surface area is 163 Å². The van der Waals surface area contributed by atoms with Gasteiger partial charge in [0.2, 0.25) is 0 Å². The minimum Gasteiger partial charge on any atom is -0.393 e. The number of hydrogen-bond donors (Lipinski definition) is 3. The first kappa shape index (κ1) is 18.6. The van der Waals surface area contributed by atoms with Crippen LogP contribution in [-0.4, -0.2) is 50.3 Å². The Morgan fingerprint density at radius 1 is 1.18 bits per heavy atom. The molecule has 28 heavy (non-hydrogen) atoms. The Hall–Kier alpha value is -2.74. The maximum atomic E-state index is 12.8. The van der Waals surface area contributed by atoms with Gasteiger partial charge < -0.3 is 20.6 Å². The largest absolute Gasteiger partial charge is 0.393 e. The van der Waals surface area contributed by atoms with Crippen molar-refractivity contribution in [3.8, 4) is 0 Å². The maximum absolute atomic E-state index is 12.8. The average Bonchev–Trinajstić information content (AvgIpc) is 2.71. The molecule has 0 atom stereocenters. The molecule has 8 heteroatoms. The number of aliphatic hydroxyl groups is 1. The molecule has 3 heterocycles. The third-order valence-electron chi connectivity index (χ3n) is 5.21. The smallest absolute Gasteiger partial charge is 0.150 e. The van der Waals surface area contributed by atoms with Crippen molar-refractivity contribution in [1.29, 1.82) is 0 Å². The minimum atomic E-state index is -0.386. The second kappa shape index (κ2) is 8.52.